The number of hydroxylamine groups is 1. The van der Waals surface area contributed by atoms with Gasteiger partial charge in [0.15, 0.2) is 5.84 Å². The van der Waals surface area contributed by atoms with E-state index in [1.807, 2.05) is 5.48 Å². The molecular formula is C26H24F2N4O5. The molecule has 3 aromatic rings. The van der Waals surface area contributed by atoms with Gasteiger partial charge in [-0.05, 0) is 41.5 Å². The topological polar surface area (TPSA) is 131 Å². The van der Waals surface area contributed by atoms with E-state index in [0.717, 1.165) is 11.0 Å². The van der Waals surface area contributed by atoms with Crippen LogP contribution in [-0.2, 0) is 22.6 Å². The second kappa shape index (κ2) is 12.4. The Kier molecular flexibility index (Phi) is 9.00. The zero-order valence-electron chi connectivity index (χ0n) is 19.7. The van der Waals surface area contributed by atoms with Gasteiger partial charge in [0.25, 0.3) is 5.91 Å². The zero-order valence-corrected chi connectivity index (χ0v) is 19.7. The van der Waals surface area contributed by atoms with Gasteiger partial charge in [-0.1, -0.05) is 30.3 Å². The largest absolute Gasteiger partial charge is 0.480 e. The Balaban J connectivity index is 1.68. The number of carbonyl (C=O) groups is 3. The summed E-state index contributed by atoms with van der Waals surface area (Å²) >= 11 is 0. The Bertz CT molecular complexity index is 1310. The Morgan fingerprint density at radius 3 is 2.16 bits per heavy atom. The van der Waals surface area contributed by atoms with Gasteiger partial charge >= 0.3 is 5.97 Å². The molecule has 0 spiro atoms. The number of aliphatic carboxylic acids is 1. The number of hydrogen-bond donors (Lipinski definition) is 4. The first-order chi connectivity index (χ1) is 17.7. The minimum atomic E-state index is -1.19. The molecule has 0 aliphatic rings. The van der Waals surface area contributed by atoms with Crippen LogP contribution in [0.5, 0.6) is 0 Å². The van der Waals surface area contributed by atoms with Crippen molar-refractivity contribution in [1.29, 1.82) is 0 Å². The van der Waals surface area contributed by atoms with E-state index in [4.69, 9.17) is 5.21 Å². The van der Waals surface area contributed by atoms with Crippen molar-refractivity contribution < 1.29 is 33.5 Å². The second-order valence-corrected chi connectivity index (χ2v) is 7.97. The summed E-state index contributed by atoms with van der Waals surface area (Å²) < 4.78 is 26.8. The number of anilines is 1. The molecule has 3 rings (SSSR count). The fraction of sp³-hybridized carbons (Fsp3) is 0.154. The Morgan fingerprint density at radius 2 is 1.59 bits per heavy atom. The molecule has 0 bridgehead atoms. The molecular weight excluding hydrogens is 486 g/mol. The normalized spacial score (nSPS) is 11.1. The molecule has 0 saturated carbocycles. The fourth-order valence-electron chi connectivity index (χ4n) is 3.52. The number of nitrogens with zero attached hydrogens (tertiary/aromatic N) is 2. The fourth-order valence-corrected chi connectivity index (χ4v) is 3.52. The summed E-state index contributed by atoms with van der Waals surface area (Å²) in [7, 11) is 1.50. The molecule has 0 radical (unpaired) electrons. The van der Waals surface area contributed by atoms with E-state index in [-0.39, 0.29) is 29.9 Å². The summed E-state index contributed by atoms with van der Waals surface area (Å²) in [6.45, 7) is -0.527. The van der Waals surface area contributed by atoms with Gasteiger partial charge in [0.2, 0.25) is 5.91 Å². The van der Waals surface area contributed by atoms with Crippen molar-refractivity contribution in [3.8, 4) is 0 Å². The molecule has 0 aliphatic heterocycles. The summed E-state index contributed by atoms with van der Waals surface area (Å²) in [5.74, 6) is -3.58. The van der Waals surface area contributed by atoms with E-state index in [1.165, 1.54) is 37.4 Å². The number of carboxylic acids is 1. The van der Waals surface area contributed by atoms with Crippen LogP contribution < -0.4 is 10.8 Å². The highest BCUT2D eigenvalue weighted by Crippen LogP contribution is 2.16. The Morgan fingerprint density at radius 1 is 0.946 bits per heavy atom. The lowest BCUT2D eigenvalue weighted by Gasteiger charge is -2.21. The van der Waals surface area contributed by atoms with Crippen LogP contribution in [0.2, 0.25) is 0 Å². The van der Waals surface area contributed by atoms with Gasteiger partial charge in [0.1, 0.15) is 18.2 Å². The quantitative estimate of drug-likeness (QED) is 0.199. The highest BCUT2D eigenvalue weighted by Gasteiger charge is 2.19. The van der Waals surface area contributed by atoms with Crippen molar-refractivity contribution in [3.63, 3.8) is 0 Å². The maximum atomic E-state index is 13.8. The van der Waals surface area contributed by atoms with E-state index in [1.54, 1.807) is 24.3 Å². The third-order valence-corrected chi connectivity index (χ3v) is 5.33. The molecule has 37 heavy (non-hydrogen) atoms. The molecule has 192 valence electrons. The van der Waals surface area contributed by atoms with Crippen molar-refractivity contribution >= 4 is 29.3 Å². The summed E-state index contributed by atoms with van der Waals surface area (Å²) in [6.07, 6.45) is -0.308. The van der Waals surface area contributed by atoms with Crippen LogP contribution in [0, 0.1) is 11.6 Å². The smallest absolute Gasteiger partial charge is 0.323 e. The summed E-state index contributed by atoms with van der Waals surface area (Å²) in [4.78, 5) is 41.7. The van der Waals surface area contributed by atoms with Crippen molar-refractivity contribution in [3.05, 3.63) is 101 Å². The lowest BCUT2D eigenvalue weighted by Crippen LogP contribution is -2.35. The van der Waals surface area contributed by atoms with Crippen LogP contribution in [0.3, 0.4) is 0 Å². The molecule has 0 fully saturated rings. The molecule has 0 atom stereocenters. The van der Waals surface area contributed by atoms with Crippen LogP contribution in [0.1, 0.15) is 27.0 Å². The van der Waals surface area contributed by atoms with Crippen molar-refractivity contribution in [1.82, 2.24) is 10.4 Å². The third kappa shape index (κ3) is 7.42. The average Bonchev–Trinajstić information content (AvgIpc) is 2.87. The minimum Gasteiger partial charge on any atom is -0.480 e. The van der Waals surface area contributed by atoms with Gasteiger partial charge in [-0.2, -0.15) is 0 Å². The third-order valence-electron chi connectivity index (χ3n) is 5.33. The first-order valence-electron chi connectivity index (χ1n) is 11.0. The van der Waals surface area contributed by atoms with Gasteiger partial charge in [0.05, 0.1) is 6.42 Å². The predicted octanol–water partition coefficient (Wildman–Crippen LogP) is 3.23. The molecule has 3 aromatic carbocycles. The molecule has 2 amide bonds. The average molecular weight is 510 g/mol. The number of hydrogen-bond acceptors (Lipinski definition) is 5. The number of rotatable bonds is 9. The Hall–Kier alpha value is -4.64. The van der Waals surface area contributed by atoms with Crippen LogP contribution in [0.4, 0.5) is 14.5 Å². The van der Waals surface area contributed by atoms with E-state index in [0.29, 0.717) is 22.9 Å². The number of carboxylic acid groups (broad SMARTS) is 1. The summed E-state index contributed by atoms with van der Waals surface area (Å²) in [5.41, 5.74) is 3.81. The minimum absolute atomic E-state index is 0.0122. The first kappa shape index (κ1) is 27.0. The lowest BCUT2D eigenvalue weighted by atomic mass is 10.1. The zero-order chi connectivity index (χ0) is 26.9. The molecule has 0 aromatic heterocycles. The maximum absolute atomic E-state index is 13.8. The summed E-state index contributed by atoms with van der Waals surface area (Å²) in [5, 5.41) is 21.0. The van der Waals surface area contributed by atoms with E-state index in [9.17, 15) is 28.3 Å². The van der Waals surface area contributed by atoms with E-state index in [2.05, 4.69) is 10.3 Å². The predicted molar refractivity (Wildman–Crippen MR) is 131 cm³/mol. The second-order valence-electron chi connectivity index (χ2n) is 7.97. The monoisotopic (exact) mass is 510 g/mol. The number of halogens is 2. The highest BCUT2D eigenvalue weighted by molar-refractivity contribution is 5.98. The number of nitrogens with one attached hydrogen (secondary N) is 2. The van der Waals surface area contributed by atoms with Gasteiger partial charge < -0.3 is 15.3 Å². The molecule has 4 N–H and O–H groups in total. The van der Waals surface area contributed by atoms with Crippen LogP contribution in [0.15, 0.2) is 71.7 Å². The van der Waals surface area contributed by atoms with E-state index >= 15 is 0 Å². The van der Waals surface area contributed by atoms with Crippen LogP contribution in [0.25, 0.3) is 0 Å². The van der Waals surface area contributed by atoms with Gasteiger partial charge in [-0.15, -0.1) is 0 Å². The molecule has 0 saturated heterocycles. The molecule has 0 aliphatic carbocycles. The number of amidine groups is 1. The standard InChI is InChI=1S/C26H24F2N4O5/c1-29-25(31-37)17-4-2-16(3-5-17)14-32(15-24(34)35)26(36)18-7-10-21(11-8-18)30-23(33)12-19-6-9-20(27)13-22(19)28/h2-11,13,37H,12,14-15H2,1H3,(H,29,31)(H,30,33)(H,34,35). The Labute approximate surface area is 211 Å². The van der Waals surface area contributed by atoms with Gasteiger partial charge in [-0.3, -0.25) is 30.1 Å². The number of amides is 2. The molecule has 0 heterocycles. The molecule has 9 nitrogen and oxygen atoms in total. The van der Waals surface area contributed by atoms with Crippen molar-refractivity contribution in [2.75, 3.05) is 18.9 Å². The number of benzene rings is 3. The summed E-state index contributed by atoms with van der Waals surface area (Å²) in [6, 6.07) is 15.5. The highest BCUT2D eigenvalue weighted by atomic mass is 19.1. The van der Waals surface area contributed by atoms with Crippen molar-refractivity contribution in [2.24, 2.45) is 4.99 Å². The molecule has 0 unspecified atom stereocenters. The van der Waals surface area contributed by atoms with Crippen molar-refractivity contribution in [2.45, 2.75) is 13.0 Å². The molecule has 11 heteroatoms. The maximum Gasteiger partial charge on any atom is 0.323 e. The number of aliphatic imine (C=N–C) groups is 1. The lowest BCUT2D eigenvalue weighted by molar-refractivity contribution is -0.137. The van der Waals surface area contributed by atoms with E-state index < -0.39 is 36.0 Å². The van der Waals surface area contributed by atoms with Gasteiger partial charge in [-0.25, -0.2) is 8.78 Å². The number of carbonyl (C=O) groups excluding carboxylic acids is 2. The van der Waals surface area contributed by atoms with Crippen LogP contribution in [-0.4, -0.2) is 52.4 Å². The van der Waals surface area contributed by atoms with Gasteiger partial charge in [0, 0.05) is 36.5 Å². The first-order valence-corrected chi connectivity index (χ1v) is 11.0. The SMILES string of the molecule is CN=C(NO)c1ccc(CN(CC(=O)O)C(=O)c2ccc(NC(=O)Cc3ccc(F)cc3F)cc2)cc1. The van der Waals surface area contributed by atoms with Crippen LogP contribution >= 0.6 is 0 Å².